The van der Waals surface area contributed by atoms with Crippen LogP contribution >= 0.6 is 0 Å². The van der Waals surface area contributed by atoms with Gasteiger partial charge in [0.05, 0.1) is 6.54 Å². The Hall–Kier alpha value is -2.86. The molecule has 0 unspecified atom stereocenters. The zero-order chi connectivity index (χ0) is 20.0. The number of nitrogens with zero attached hydrogens (tertiary/aromatic N) is 2. The molecule has 1 saturated carbocycles. The Bertz CT molecular complexity index is 1090. The minimum Gasteiger partial charge on any atom is -0.450 e. The molecule has 6 heteroatoms. The van der Waals surface area contributed by atoms with E-state index in [0.717, 1.165) is 40.1 Å². The molecule has 1 aliphatic carbocycles. The van der Waals surface area contributed by atoms with Gasteiger partial charge in [-0.25, -0.2) is 0 Å². The van der Waals surface area contributed by atoms with Gasteiger partial charge in [0.15, 0.2) is 5.76 Å². The van der Waals surface area contributed by atoms with Gasteiger partial charge in [-0.05, 0) is 25.2 Å². The maximum Gasteiger partial charge on any atom is 0.289 e. The van der Waals surface area contributed by atoms with E-state index in [0.29, 0.717) is 44.5 Å². The van der Waals surface area contributed by atoms with E-state index in [1.165, 1.54) is 0 Å². The van der Waals surface area contributed by atoms with Crippen molar-refractivity contribution in [1.29, 1.82) is 0 Å². The molecule has 2 amide bonds. The molecule has 0 radical (unpaired) electrons. The van der Waals surface area contributed by atoms with Crippen molar-refractivity contribution in [1.82, 2.24) is 15.1 Å². The third kappa shape index (κ3) is 3.49. The number of carbonyl (C=O) groups excluding carboxylic acids is 2. The molecule has 0 atom stereocenters. The van der Waals surface area contributed by atoms with Gasteiger partial charge in [0.2, 0.25) is 5.91 Å². The lowest BCUT2D eigenvalue weighted by atomic mass is 10.1. The number of aryl methyl sites for hydroxylation is 1. The van der Waals surface area contributed by atoms with Gasteiger partial charge in [-0.15, -0.1) is 0 Å². The number of furan rings is 1. The lowest BCUT2D eigenvalue weighted by Gasteiger charge is -2.34. The summed E-state index contributed by atoms with van der Waals surface area (Å²) in [5, 5.41) is 6.14. The van der Waals surface area contributed by atoms with Crippen LogP contribution in [0, 0.1) is 6.92 Å². The van der Waals surface area contributed by atoms with Crippen LogP contribution in [0.25, 0.3) is 21.7 Å². The van der Waals surface area contributed by atoms with Crippen molar-refractivity contribution in [2.24, 2.45) is 0 Å². The second kappa shape index (κ2) is 7.19. The second-order valence-electron chi connectivity index (χ2n) is 8.13. The first-order chi connectivity index (χ1) is 14.1. The minimum absolute atomic E-state index is 0.0649. The number of rotatable bonds is 4. The van der Waals surface area contributed by atoms with Crippen LogP contribution in [0.5, 0.6) is 0 Å². The third-order valence-electron chi connectivity index (χ3n) is 5.99. The van der Waals surface area contributed by atoms with Crippen LogP contribution < -0.4 is 5.32 Å². The molecular formula is C23H25N3O3. The summed E-state index contributed by atoms with van der Waals surface area (Å²) in [7, 11) is 0. The van der Waals surface area contributed by atoms with E-state index >= 15 is 0 Å². The molecule has 3 aromatic rings. The number of hydrogen-bond acceptors (Lipinski definition) is 4. The molecule has 29 heavy (non-hydrogen) atoms. The quantitative estimate of drug-likeness (QED) is 0.743. The van der Waals surface area contributed by atoms with E-state index in [-0.39, 0.29) is 11.8 Å². The average Bonchev–Trinajstić information content (AvgIpc) is 3.48. The Morgan fingerprint density at radius 2 is 1.79 bits per heavy atom. The van der Waals surface area contributed by atoms with Crippen LogP contribution in [0.1, 0.15) is 29.0 Å². The van der Waals surface area contributed by atoms with E-state index in [4.69, 9.17) is 4.42 Å². The minimum atomic E-state index is -0.0649. The van der Waals surface area contributed by atoms with Crippen LogP contribution in [0.2, 0.25) is 0 Å². The highest BCUT2D eigenvalue weighted by Crippen LogP contribution is 2.32. The number of amides is 2. The highest BCUT2D eigenvalue weighted by atomic mass is 16.3. The first-order valence-corrected chi connectivity index (χ1v) is 10.3. The first kappa shape index (κ1) is 18.2. The second-order valence-corrected chi connectivity index (χ2v) is 8.13. The lowest BCUT2D eigenvalue weighted by molar-refractivity contribution is -0.122. The lowest BCUT2D eigenvalue weighted by Crippen LogP contribution is -2.51. The van der Waals surface area contributed by atoms with Crippen molar-refractivity contribution >= 4 is 33.6 Å². The SMILES string of the molecule is Cc1c(C(=O)N2CCN(CC(=O)NC3CC3)CC2)oc2c1ccc1ccccc12. The maximum atomic E-state index is 13.1. The summed E-state index contributed by atoms with van der Waals surface area (Å²) in [4.78, 5) is 29.1. The fourth-order valence-corrected chi connectivity index (χ4v) is 4.11. The van der Waals surface area contributed by atoms with E-state index < -0.39 is 0 Å². The van der Waals surface area contributed by atoms with E-state index in [1.807, 2.05) is 42.2 Å². The Labute approximate surface area is 169 Å². The number of piperazine rings is 1. The molecule has 2 heterocycles. The highest BCUT2D eigenvalue weighted by Gasteiger charge is 2.29. The van der Waals surface area contributed by atoms with Crippen molar-refractivity contribution < 1.29 is 14.0 Å². The van der Waals surface area contributed by atoms with Gasteiger partial charge in [0, 0.05) is 48.6 Å². The molecular weight excluding hydrogens is 366 g/mol. The molecule has 150 valence electrons. The molecule has 2 aliphatic rings. The number of fused-ring (bicyclic) bond motifs is 3. The molecule has 0 spiro atoms. The normalized spacial score (nSPS) is 17.8. The summed E-state index contributed by atoms with van der Waals surface area (Å²) >= 11 is 0. The summed E-state index contributed by atoms with van der Waals surface area (Å²) in [6, 6.07) is 12.6. The zero-order valence-electron chi connectivity index (χ0n) is 16.6. The molecule has 2 aromatic carbocycles. The van der Waals surface area contributed by atoms with Crippen LogP contribution in [-0.2, 0) is 4.79 Å². The molecule has 5 rings (SSSR count). The van der Waals surface area contributed by atoms with Crippen molar-refractivity contribution in [3.63, 3.8) is 0 Å². The van der Waals surface area contributed by atoms with Crippen LogP contribution in [0.3, 0.4) is 0 Å². The Morgan fingerprint density at radius 3 is 2.55 bits per heavy atom. The standard InChI is InChI=1S/C23H25N3O3/c1-15-18-9-6-16-4-2-3-5-19(16)22(18)29-21(15)23(28)26-12-10-25(11-13-26)14-20(27)24-17-7-8-17/h2-6,9,17H,7-8,10-14H2,1H3,(H,24,27). The predicted molar refractivity (Wildman–Crippen MR) is 112 cm³/mol. The fourth-order valence-electron chi connectivity index (χ4n) is 4.11. The van der Waals surface area contributed by atoms with Gasteiger partial charge in [0.1, 0.15) is 5.58 Å². The van der Waals surface area contributed by atoms with E-state index in [1.54, 1.807) is 0 Å². The van der Waals surface area contributed by atoms with Crippen molar-refractivity contribution in [2.45, 2.75) is 25.8 Å². The molecule has 1 aromatic heterocycles. The number of carbonyl (C=O) groups is 2. The Balaban J connectivity index is 1.31. The zero-order valence-corrected chi connectivity index (χ0v) is 16.6. The summed E-state index contributed by atoms with van der Waals surface area (Å²) in [5.74, 6) is 0.452. The topological polar surface area (TPSA) is 65.8 Å². The first-order valence-electron chi connectivity index (χ1n) is 10.3. The summed E-state index contributed by atoms with van der Waals surface area (Å²) in [5.41, 5.74) is 1.67. The smallest absolute Gasteiger partial charge is 0.289 e. The number of hydrogen-bond donors (Lipinski definition) is 1. The summed E-state index contributed by atoms with van der Waals surface area (Å²) < 4.78 is 6.10. The van der Waals surface area contributed by atoms with Crippen molar-refractivity contribution in [2.75, 3.05) is 32.7 Å². The average molecular weight is 391 g/mol. The van der Waals surface area contributed by atoms with E-state index in [2.05, 4.69) is 16.3 Å². The van der Waals surface area contributed by atoms with E-state index in [9.17, 15) is 9.59 Å². The monoisotopic (exact) mass is 391 g/mol. The number of benzene rings is 2. The Morgan fingerprint density at radius 1 is 1.03 bits per heavy atom. The Kier molecular flexibility index (Phi) is 4.51. The van der Waals surface area contributed by atoms with Crippen LogP contribution in [0.4, 0.5) is 0 Å². The van der Waals surface area contributed by atoms with Gasteiger partial charge in [-0.1, -0.05) is 36.4 Å². The predicted octanol–water partition coefficient (Wildman–Crippen LogP) is 2.93. The molecule has 0 bridgehead atoms. The molecule has 6 nitrogen and oxygen atoms in total. The van der Waals surface area contributed by atoms with Crippen LogP contribution in [0.15, 0.2) is 40.8 Å². The van der Waals surface area contributed by atoms with Gasteiger partial charge < -0.3 is 14.6 Å². The van der Waals surface area contributed by atoms with Crippen LogP contribution in [-0.4, -0.2) is 60.4 Å². The fraction of sp³-hybridized carbons (Fsp3) is 0.391. The number of nitrogens with one attached hydrogen (secondary N) is 1. The van der Waals surface area contributed by atoms with Gasteiger partial charge >= 0.3 is 0 Å². The summed E-state index contributed by atoms with van der Waals surface area (Å²) in [6.45, 7) is 4.97. The molecule has 1 saturated heterocycles. The maximum absolute atomic E-state index is 13.1. The molecule has 1 N–H and O–H groups in total. The van der Waals surface area contributed by atoms with Gasteiger partial charge in [-0.2, -0.15) is 0 Å². The highest BCUT2D eigenvalue weighted by molar-refractivity contribution is 6.08. The third-order valence-corrected chi connectivity index (χ3v) is 5.99. The summed E-state index contributed by atoms with van der Waals surface area (Å²) in [6.07, 6.45) is 2.19. The molecule has 2 fully saturated rings. The van der Waals surface area contributed by atoms with Crippen molar-refractivity contribution in [3.05, 3.63) is 47.7 Å². The molecule has 1 aliphatic heterocycles. The van der Waals surface area contributed by atoms with Gasteiger partial charge in [-0.3, -0.25) is 14.5 Å². The largest absolute Gasteiger partial charge is 0.450 e. The van der Waals surface area contributed by atoms with Crippen molar-refractivity contribution in [3.8, 4) is 0 Å². The van der Waals surface area contributed by atoms with Gasteiger partial charge in [0.25, 0.3) is 5.91 Å².